The summed E-state index contributed by atoms with van der Waals surface area (Å²) in [5.74, 6) is 0.601. The molecule has 0 atom stereocenters. The molecule has 0 unspecified atom stereocenters. The summed E-state index contributed by atoms with van der Waals surface area (Å²) in [5.41, 5.74) is 4.86. The molecule has 1 aliphatic rings. The number of nitrogens with zero attached hydrogens (tertiary/aromatic N) is 4. The van der Waals surface area contributed by atoms with E-state index in [-0.39, 0.29) is 5.56 Å². The first kappa shape index (κ1) is 17.9. The maximum atomic E-state index is 12.7. The van der Waals surface area contributed by atoms with Gasteiger partial charge in [-0.15, -0.1) is 0 Å². The monoisotopic (exact) mass is 383 g/mol. The molecule has 7 heteroatoms. The third kappa shape index (κ3) is 3.55. The van der Waals surface area contributed by atoms with Crippen LogP contribution in [0.3, 0.4) is 0 Å². The van der Waals surface area contributed by atoms with Gasteiger partial charge in [0, 0.05) is 54.4 Å². The van der Waals surface area contributed by atoms with Gasteiger partial charge in [0.1, 0.15) is 5.82 Å². The van der Waals surface area contributed by atoms with Gasteiger partial charge in [-0.3, -0.25) is 14.4 Å². The van der Waals surface area contributed by atoms with Crippen LogP contribution in [0.15, 0.2) is 35.3 Å². The summed E-state index contributed by atoms with van der Waals surface area (Å²) in [5, 5.41) is 5.08. The molecule has 1 aliphatic heterocycles. The fourth-order valence-corrected chi connectivity index (χ4v) is 3.69. The summed E-state index contributed by atoms with van der Waals surface area (Å²) in [7, 11) is 0. The second-order valence-corrected chi connectivity index (χ2v) is 7.31. The molecule has 3 heterocycles. The number of halogens is 1. The number of benzene rings is 1. The van der Waals surface area contributed by atoms with E-state index in [0.29, 0.717) is 17.4 Å². The molecule has 0 radical (unpaired) electrons. The van der Waals surface area contributed by atoms with Gasteiger partial charge in [0.25, 0.3) is 5.56 Å². The standard InChI is InChI=1S/C20H22ClN5O/c1-3-26-13(2)15(10-22-26)11-25-9-8-18-17(12-25)20(27)24-19(23-18)14-4-6-16(21)7-5-14/h4-7,10H,3,8-9,11-12H2,1-2H3,(H,23,24,27). The lowest BCUT2D eigenvalue weighted by molar-refractivity contribution is 0.241. The lowest BCUT2D eigenvalue weighted by atomic mass is 10.1. The Bertz CT molecular complexity index is 1020. The fraction of sp³-hybridized carbons (Fsp3) is 0.350. The average molecular weight is 384 g/mol. The Labute approximate surface area is 162 Å². The highest BCUT2D eigenvalue weighted by Gasteiger charge is 2.22. The number of fused-ring (bicyclic) bond motifs is 1. The fourth-order valence-electron chi connectivity index (χ4n) is 3.56. The second-order valence-electron chi connectivity index (χ2n) is 6.88. The lowest BCUT2D eigenvalue weighted by Crippen LogP contribution is -2.35. The van der Waals surface area contributed by atoms with Crippen LogP contribution in [-0.4, -0.2) is 31.2 Å². The molecule has 0 saturated heterocycles. The number of nitrogens with one attached hydrogen (secondary N) is 1. The number of H-pyrrole nitrogens is 1. The van der Waals surface area contributed by atoms with E-state index in [0.717, 1.165) is 42.9 Å². The first-order chi connectivity index (χ1) is 13.0. The van der Waals surface area contributed by atoms with Crippen molar-refractivity contribution in [2.24, 2.45) is 0 Å². The van der Waals surface area contributed by atoms with Gasteiger partial charge in [-0.1, -0.05) is 11.6 Å². The molecule has 1 N–H and O–H groups in total. The quantitative estimate of drug-likeness (QED) is 0.751. The van der Waals surface area contributed by atoms with Crippen molar-refractivity contribution in [3.63, 3.8) is 0 Å². The zero-order valence-corrected chi connectivity index (χ0v) is 16.3. The molecular weight excluding hydrogens is 362 g/mol. The van der Waals surface area contributed by atoms with Gasteiger partial charge >= 0.3 is 0 Å². The van der Waals surface area contributed by atoms with Crippen LogP contribution in [0.1, 0.15) is 29.4 Å². The Morgan fingerprint density at radius 2 is 2.04 bits per heavy atom. The van der Waals surface area contributed by atoms with Crippen LogP contribution in [0.5, 0.6) is 0 Å². The summed E-state index contributed by atoms with van der Waals surface area (Å²) < 4.78 is 2.00. The predicted octanol–water partition coefficient (Wildman–Crippen LogP) is 3.17. The van der Waals surface area contributed by atoms with Crippen molar-refractivity contribution in [3.8, 4) is 11.4 Å². The topological polar surface area (TPSA) is 66.8 Å². The first-order valence-electron chi connectivity index (χ1n) is 9.16. The summed E-state index contributed by atoms with van der Waals surface area (Å²) >= 11 is 5.95. The second kappa shape index (κ2) is 7.29. The molecule has 0 fully saturated rings. The maximum absolute atomic E-state index is 12.7. The van der Waals surface area contributed by atoms with E-state index in [1.54, 1.807) is 12.1 Å². The average Bonchev–Trinajstić information content (AvgIpc) is 3.02. The van der Waals surface area contributed by atoms with Crippen LogP contribution >= 0.6 is 11.6 Å². The van der Waals surface area contributed by atoms with Gasteiger partial charge in [-0.2, -0.15) is 5.10 Å². The molecule has 140 valence electrons. The summed E-state index contributed by atoms with van der Waals surface area (Å²) in [6, 6.07) is 7.35. The molecule has 0 aliphatic carbocycles. The van der Waals surface area contributed by atoms with Crippen LogP contribution in [-0.2, 0) is 26.1 Å². The van der Waals surface area contributed by atoms with E-state index in [2.05, 4.69) is 28.8 Å². The number of rotatable bonds is 4. The minimum Gasteiger partial charge on any atom is -0.306 e. The molecule has 0 saturated carbocycles. The first-order valence-corrected chi connectivity index (χ1v) is 9.54. The molecule has 0 bridgehead atoms. The molecule has 3 aromatic rings. The van der Waals surface area contributed by atoms with Gasteiger partial charge in [0.2, 0.25) is 0 Å². The number of aromatic nitrogens is 4. The van der Waals surface area contributed by atoms with Gasteiger partial charge in [-0.05, 0) is 38.1 Å². The molecular formula is C20H22ClN5O. The number of hydrogen-bond donors (Lipinski definition) is 1. The Morgan fingerprint density at radius 1 is 1.26 bits per heavy atom. The highest BCUT2D eigenvalue weighted by atomic mass is 35.5. The highest BCUT2D eigenvalue weighted by Crippen LogP contribution is 2.22. The highest BCUT2D eigenvalue weighted by molar-refractivity contribution is 6.30. The van der Waals surface area contributed by atoms with E-state index in [4.69, 9.17) is 16.6 Å². The van der Waals surface area contributed by atoms with Crippen LogP contribution in [0.4, 0.5) is 0 Å². The molecule has 1 aromatic carbocycles. The molecule has 4 rings (SSSR count). The summed E-state index contributed by atoms with van der Waals surface area (Å²) in [4.78, 5) is 22.6. The van der Waals surface area contributed by atoms with Crippen LogP contribution < -0.4 is 5.56 Å². The zero-order chi connectivity index (χ0) is 19.0. The minimum atomic E-state index is -0.0596. The van der Waals surface area contributed by atoms with E-state index in [1.807, 2.05) is 23.0 Å². The SMILES string of the molecule is CCn1ncc(CN2CCc3nc(-c4ccc(Cl)cc4)[nH]c(=O)c3C2)c1C. The number of aromatic amines is 1. The van der Waals surface area contributed by atoms with E-state index in [1.165, 1.54) is 11.3 Å². The third-order valence-corrected chi connectivity index (χ3v) is 5.42. The summed E-state index contributed by atoms with van der Waals surface area (Å²) in [6.07, 6.45) is 2.70. The number of hydrogen-bond acceptors (Lipinski definition) is 4. The van der Waals surface area contributed by atoms with Crippen molar-refractivity contribution in [1.29, 1.82) is 0 Å². The van der Waals surface area contributed by atoms with Gasteiger partial charge < -0.3 is 4.98 Å². The van der Waals surface area contributed by atoms with Crippen LogP contribution in [0, 0.1) is 6.92 Å². The van der Waals surface area contributed by atoms with Crippen molar-refractivity contribution >= 4 is 11.6 Å². The van der Waals surface area contributed by atoms with Crippen LogP contribution in [0.25, 0.3) is 11.4 Å². The maximum Gasteiger partial charge on any atom is 0.255 e. The Hall–Kier alpha value is -2.44. The van der Waals surface area contributed by atoms with Gasteiger partial charge in [0.05, 0.1) is 17.5 Å². The zero-order valence-electron chi connectivity index (χ0n) is 15.5. The minimum absolute atomic E-state index is 0.0596. The Balaban J connectivity index is 1.57. The van der Waals surface area contributed by atoms with Gasteiger partial charge in [-0.25, -0.2) is 4.98 Å². The summed E-state index contributed by atoms with van der Waals surface area (Å²) in [6.45, 7) is 7.33. The lowest BCUT2D eigenvalue weighted by Gasteiger charge is -2.27. The normalized spacial score (nSPS) is 14.3. The molecule has 0 amide bonds. The van der Waals surface area contributed by atoms with Crippen molar-refractivity contribution in [3.05, 3.63) is 68.4 Å². The van der Waals surface area contributed by atoms with E-state index in [9.17, 15) is 4.79 Å². The largest absolute Gasteiger partial charge is 0.306 e. The van der Waals surface area contributed by atoms with E-state index >= 15 is 0 Å². The predicted molar refractivity (Wildman–Crippen MR) is 106 cm³/mol. The molecule has 6 nitrogen and oxygen atoms in total. The Morgan fingerprint density at radius 3 is 2.74 bits per heavy atom. The van der Waals surface area contributed by atoms with Crippen molar-refractivity contribution in [2.45, 2.75) is 39.9 Å². The van der Waals surface area contributed by atoms with Crippen molar-refractivity contribution in [1.82, 2.24) is 24.6 Å². The molecule has 0 spiro atoms. The van der Waals surface area contributed by atoms with E-state index < -0.39 is 0 Å². The van der Waals surface area contributed by atoms with Crippen LogP contribution in [0.2, 0.25) is 5.02 Å². The van der Waals surface area contributed by atoms with Crippen molar-refractivity contribution < 1.29 is 0 Å². The Kier molecular flexibility index (Phi) is 4.85. The van der Waals surface area contributed by atoms with Crippen molar-refractivity contribution in [2.75, 3.05) is 6.54 Å². The molecule has 27 heavy (non-hydrogen) atoms. The smallest absolute Gasteiger partial charge is 0.255 e. The third-order valence-electron chi connectivity index (χ3n) is 5.16. The van der Waals surface area contributed by atoms with Gasteiger partial charge in [0.15, 0.2) is 0 Å². The number of aryl methyl sites for hydroxylation is 1. The molecule has 2 aromatic heterocycles.